The van der Waals surface area contributed by atoms with Gasteiger partial charge in [-0.3, -0.25) is 0 Å². The quantitative estimate of drug-likeness (QED) is 0.817. The summed E-state index contributed by atoms with van der Waals surface area (Å²) in [5.74, 6) is -1.55. The number of aliphatic hydroxyl groups excluding tert-OH is 1. The molecule has 1 atom stereocenters. The second-order valence-electron chi connectivity index (χ2n) is 3.47. The second-order valence-corrected chi connectivity index (χ2v) is 3.47. The minimum Gasteiger partial charge on any atom is -0.493 e. The molecule has 0 saturated heterocycles. The van der Waals surface area contributed by atoms with Crippen LogP contribution in [-0.4, -0.2) is 24.8 Å². The minimum absolute atomic E-state index is 0.0639. The van der Waals surface area contributed by atoms with Crippen molar-refractivity contribution in [1.82, 2.24) is 0 Å². The normalized spacial score (nSPS) is 12.1. The molecule has 1 aromatic carbocycles. The highest BCUT2D eigenvalue weighted by atomic mass is 19.1. The molecule has 1 aromatic rings. The van der Waals surface area contributed by atoms with Gasteiger partial charge in [0.25, 0.3) is 0 Å². The molecular weight excluding hydrogens is 227 g/mol. The van der Waals surface area contributed by atoms with E-state index in [0.717, 1.165) is 0 Å². The first kappa shape index (κ1) is 13.4. The SMILES string of the molecule is CCOC(=O)C(O)c1ccc(C)c(F)c1OC. The molecule has 0 radical (unpaired) electrons. The summed E-state index contributed by atoms with van der Waals surface area (Å²) in [6.07, 6.45) is -1.54. The molecule has 1 N–H and O–H groups in total. The summed E-state index contributed by atoms with van der Waals surface area (Å²) >= 11 is 0. The third kappa shape index (κ3) is 2.74. The Morgan fingerprint density at radius 2 is 2.18 bits per heavy atom. The van der Waals surface area contributed by atoms with Gasteiger partial charge in [0.2, 0.25) is 0 Å². The largest absolute Gasteiger partial charge is 0.493 e. The van der Waals surface area contributed by atoms with E-state index in [1.165, 1.54) is 19.2 Å². The maximum Gasteiger partial charge on any atom is 0.339 e. The number of hydrogen-bond donors (Lipinski definition) is 1. The van der Waals surface area contributed by atoms with E-state index >= 15 is 0 Å². The van der Waals surface area contributed by atoms with E-state index in [1.807, 2.05) is 0 Å². The Hall–Kier alpha value is -1.62. The predicted molar refractivity (Wildman–Crippen MR) is 59.3 cm³/mol. The van der Waals surface area contributed by atoms with Gasteiger partial charge >= 0.3 is 5.97 Å². The first-order valence-corrected chi connectivity index (χ1v) is 5.20. The van der Waals surface area contributed by atoms with Gasteiger partial charge in [-0.25, -0.2) is 9.18 Å². The van der Waals surface area contributed by atoms with Crippen molar-refractivity contribution in [2.24, 2.45) is 0 Å². The van der Waals surface area contributed by atoms with Gasteiger partial charge in [-0.05, 0) is 19.4 Å². The van der Waals surface area contributed by atoms with Gasteiger partial charge in [-0.1, -0.05) is 12.1 Å². The van der Waals surface area contributed by atoms with Gasteiger partial charge in [0.1, 0.15) is 0 Å². The lowest BCUT2D eigenvalue weighted by Crippen LogP contribution is -2.16. The van der Waals surface area contributed by atoms with Crippen molar-refractivity contribution in [1.29, 1.82) is 0 Å². The number of carbonyl (C=O) groups excluding carboxylic acids is 1. The molecule has 17 heavy (non-hydrogen) atoms. The Labute approximate surface area is 99.0 Å². The van der Waals surface area contributed by atoms with Crippen LogP contribution in [-0.2, 0) is 9.53 Å². The van der Waals surface area contributed by atoms with Crippen LogP contribution in [0.2, 0.25) is 0 Å². The Morgan fingerprint density at radius 1 is 1.53 bits per heavy atom. The van der Waals surface area contributed by atoms with Crippen molar-refractivity contribution < 1.29 is 23.8 Å². The second kappa shape index (κ2) is 5.63. The lowest BCUT2D eigenvalue weighted by molar-refractivity contribution is -0.153. The first-order chi connectivity index (χ1) is 8.02. The number of esters is 1. The average molecular weight is 242 g/mol. The summed E-state index contributed by atoms with van der Waals surface area (Å²) in [5.41, 5.74) is 0.440. The van der Waals surface area contributed by atoms with E-state index in [0.29, 0.717) is 5.56 Å². The first-order valence-electron chi connectivity index (χ1n) is 5.20. The van der Waals surface area contributed by atoms with Gasteiger partial charge in [-0.2, -0.15) is 0 Å². The topological polar surface area (TPSA) is 55.8 Å². The van der Waals surface area contributed by atoms with Gasteiger partial charge in [0.15, 0.2) is 17.7 Å². The number of carbonyl (C=O) groups is 1. The van der Waals surface area contributed by atoms with E-state index in [-0.39, 0.29) is 17.9 Å². The van der Waals surface area contributed by atoms with Crippen molar-refractivity contribution in [3.8, 4) is 5.75 Å². The number of ether oxygens (including phenoxy) is 2. The summed E-state index contributed by atoms with van der Waals surface area (Å²) in [7, 11) is 1.28. The van der Waals surface area contributed by atoms with Gasteiger partial charge < -0.3 is 14.6 Å². The molecule has 1 unspecified atom stereocenters. The highest BCUT2D eigenvalue weighted by Crippen LogP contribution is 2.30. The van der Waals surface area contributed by atoms with Crippen LogP contribution < -0.4 is 4.74 Å². The Morgan fingerprint density at radius 3 is 2.71 bits per heavy atom. The highest BCUT2D eigenvalue weighted by molar-refractivity contribution is 5.77. The van der Waals surface area contributed by atoms with E-state index in [4.69, 9.17) is 4.74 Å². The molecule has 0 aromatic heterocycles. The predicted octanol–water partition coefficient (Wildman–Crippen LogP) is 1.74. The number of benzene rings is 1. The minimum atomic E-state index is -1.54. The monoisotopic (exact) mass is 242 g/mol. The molecule has 0 heterocycles. The summed E-state index contributed by atoms with van der Waals surface area (Å²) in [4.78, 5) is 11.4. The summed E-state index contributed by atoms with van der Waals surface area (Å²) in [6, 6.07) is 2.91. The molecule has 5 heteroatoms. The van der Waals surface area contributed by atoms with Crippen molar-refractivity contribution in [2.45, 2.75) is 20.0 Å². The van der Waals surface area contributed by atoms with Gasteiger partial charge in [0.05, 0.1) is 13.7 Å². The van der Waals surface area contributed by atoms with Crippen LogP contribution in [0.25, 0.3) is 0 Å². The van der Waals surface area contributed by atoms with Crippen LogP contribution >= 0.6 is 0 Å². The summed E-state index contributed by atoms with van der Waals surface area (Å²) in [6.45, 7) is 3.34. The molecule has 0 aliphatic carbocycles. The maximum atomic E-state index is 13.7. The molecule has 0 fully saturated rings. The lowest BCUT2D eigenvalue weighted by atomic mass is 10.1. The van der Waals surface area contributed by atoms with Crippen molar-refractivity contribution in [3.63, 3.8) is 0 Å². The fraction of sp³-hybridized carbons (Fsp3) is 0.417. The van der Waals surface area contributed by atoms with Crippen LogP contribution in [0.4, 0.5) is 4.39 Å². The Balaban J connectivity index is 3.13. The van der Waals surface area contributed by atoms with E-state index in [2.05, 4.69) is 4.74 Å². The number of aryl methyl sites for hydroxylation is 1. The van der Waals surface area contributed by atoms with E-state index in [1.54, 1.807) is 13.8 Å². The van der Waals surface area contributed by atoms with Gasteiger partial charge in [0, 0.05) is 5.56 Å². The number of hydrogen-bond acceptors (Lipinski definition) is 4. The van der Waals surface area contributed by atoms with Gasteiger partial charge in [-0.15, -0.1) is 0 Å². The van der Waals surface area contributed by atoms with Crippen LogP contribution in [0.5, 0.6) is 5.75 Å². The standard InChI is InChI=1S/C12H15FO4/c1-4-17-12(15)10(14)8-6-5-7(2)9(13)11(8)16-3/h5-6,10,14H,4H2,1-3H3. The summed E-state index contributed by atoms with van der Waals surface area (Å²) < 4.78 is 23.2. The molecule has 4 nitrogen and oxygen atoms in total. The van der Waals surface area contributed by atoms with Crippen LogP contribution in [0.15, 0.2) is 12.1 Å². The Kier molecular flexibility index (Phi) is 4.45. The van der Waals surface area contributed by atoms with Crippen molar-refractivity contribution >= 4 is 5.97 Å². The molecular formula is C12H15FO4. The number of methoxy groups -OCH3 is 1. The van der Waals surface area contributed by atoms with Crippen LogP contribution in [0.1, 0.15) is 24.2 Å². The molecule has 94 valence electrons. The van der Waals surface area contributed by atoms with E-state index < -0.39 is 17.9 Å². The molecule has 0 aliphatic rings. The van der Waals surface area contributed by atoms with E-state index in [9.17, 15) is 14.3 Å². The number of rotatable bonds is 4. The molecule has 0 spiro atoms. The maximum absolute atomic E-state index is 13.7. The number of aliphatic hydroxyl groups is 1. The lowest BCUT2D eigenvalue weighted by Gasteiger charge is -2.15. The molecule has 0 saturated carbocycles. The zero-order valence-electron chi connectivity index (χ0n) is 9.99. The third-order valence-corrected chi connectivity index (χ3v) is 2.33. The number of halogens is 1. The van der Waals surface area contributed by atoms with Crippen LogP contribution in [0, 0.1) is 12.7 Å². The Bertz CT molecular complexity index is 417. The molecule has 1 rings (SSSR count). The molecule has 0 bridgehead atoms. The fourth-order valence-corrected chi connectivity index (χ4v) is 1.44. The summed E-state index contributed by atoms with van der Waals surface area (Å²) in [5, 5.41) is 9.73. The van der Waals surface area contributed by atoms with Crippen molar-refractivity contribution in [2.75, 3.05) is 13.7 Å². The van der Waals surface area contributed by atoms with Crippen LogP contribution in [0.3, 0.4) is 0 Å². The molecule has 0 amide bonds. The highest BCUT2D eigenvalue weighted by Gasteiger charge is 2.25. The average Bonchev–Trinajstić information content (AvgIpc) is 2.31. The smallest absolute Gasteiger partial charge is 0.339 e. The third-order valence-electron chi connectivity index (χ3n) is 2.33. The molecule has 0 aliphatic heterocycles. The fourth-order valence-electron chi connectivity index (χ4n) is 1.44. The zero-order valence-corrected chi connectivity index (χ0v) is 9.99. The zero-order chi connectivity index (χ0) is 13.0. The van der Waals surface area contributed by atoms with Crippen molar-refractivity contribution in [3.05, 3.63) is 29.1 Å².